The molecule has 1 unspecified atom stereocenters. The van der Waals surface area contributed by atoms with Crippen LogP contribution in [0.1, 0.15) is 97.4 Å². The summed E-state index contributed by atoms with van der Waals surface area (Å²) in [5.74, 6) is -0.515. The highest BCUT2D eigenvalue weighted by Gasteiger charge is 2.37. The minimum absolute atomic E-state index is 0.184. The Morgan fingerprint density at radius 2 is 1.90 bits per heavy atom. The van der Waals surface area contributed by atoms with Crippen molar-refractivity contribution in [2.75, 3.05) is 77.1 Å². The number of piperazine rings is 1. The normalized spacial score (nSPS) is 25.2. The van der Waals surface area contributed by atoms with E-state index in [1.54, 1.807) is 20.8 Å². The lowest BCUT2D eigenvalue weighted by atomic mass is 9.83. The molecule has 2 aromatic heterocycles. The summed E-state index contributed by atoms with van der Waals surface area (Å²) in [5.41, 5.74) is 11.2. The Balaban J connectivity index is 1.22. The predicted octanol–water partition coefficient (Wildman–Crippen LogP) is 5.97. The van der Waals surface area contributed by atoms with Gasteiger partial charge in [0.2, 0.25) is 0 Å². The first-order valence-corrected chi connectivity index (χ1v) is 22.9. The van der Waals surface area contributed by atoms with Crippen molar-refractivity contribution in [1.82, 2.24) is 35.1 Å². The molecule has 7 heterocycles. The van der Waals surface area contributed by atoms with Gasteiger partial charge in [0, 0.05) is 80.8 Å². The van der Waals surface area contributed by atoms with Crippen LogP contribution in [0.15, 0.2) is 36.5 Å². The topological polar surface area (TPSA) is 134 Å². The summed E-state index contributed by atoms with van der Waals surface area (Å²) in [4.78, 5) is 53.8. The number of aryl methyl sites for hydroxylation is 1. The number of carbonyl (C=O) groups excluding carboxylic acids is 3. The molecule has 3 fully saturated rings. The van der Waals surface area contributed by atoms with Crippen LogP contribution in [0.25, 0.3) is 27.7 Å². The van der Waals surface area contributed by atoms with Crippen LogP contribution < -0.4 is 15.6 Å². The number of fused-ring (bicyclic) bond motifs is 7. The van der Waals surface area contributed by atoms with Gasteiger partial charge in [0.1, 0.15) is 17.7 Å². The second-order valence-corrected chi connectivity index (χ2v) is 20.0. The molecule has 2 amide bonds. The van der Waals surface area contributed by atoms with Crippen molar-refractivity contribution in [2.45, 2.75) is 117 Å². The number of hydrogen-bond acceptors (Lipinski definition) is 11. The Morgan fingerprint density at radius 1 is 1.08 bits per heavy atom. The van der Waals surface area contributed by atoms with Gasteiger partial charge in [0.05, 0.1) is 49.1 Å². The van der Waals surface area contributed by atoms with Crippen molar-refractivity contribution in [2.24, 2.45) is 5.41 Å². The summed E-state index contributed by atoms with van der Waals surface area (Å²) in [5, 5.41) is 5.55. The number of amides is 2. The van der Waals surface area contributed by atoms with Crippen LogP contribution in [0, 0.1) is 5.41 Å². The standard InChI is InChI=1S/C48H68N8O6/c1-9-55-41-15-14-32-22-36(41)38(43(55)37-23-34(25-49-42(37)31(2)3)54-19-18-53-20-21-60-29-35(53)27-54)24-48(7,8)30-61-45(58)39-13-11-17-56(51-39)44(57)40(50-46(59)62-47(4,5)6)28-52-16-10-12-33(32)26-52/h12,14-15,22-23,25,31,35,39-40,51H,9-11,13,16-21,24,26-30H2,1-8H3,(H,50,59)/t35-,39-,40-/m0/s1. The third-order valence-corrected chi connectivity index (χ3v) is 13.0. The molecular weight excluding hydrogens is 785 g/mol. The zero-order valence-corrected chi connectivity index (χ0v) is 38.2. The maximum absolute atomic E-state index is 14.3. The summed E-state index contributed by atoms with van der Waals surface area (Å²) in [6.07, 6.45) is 6.34. The Labute approximate surface area is 367 Å². The molecule has 5 aliphatic heterocycles. The number of aromatic nitrogens is 2. The van der Waals surface area contributed by atoms with Crippen LogP contribution in [0.5, 0.6) is 0 Å². The van der Waals surface area contributed by atoms with Gasteiger partial charge in [0.25, 0.3) is 5.91 Å². The fraction of sp³-hybridized carbons (Fsp3) is 0.625. The number of hydrogen-bond donors (Lipinski definition) is 2. The lowest BCUT2D eigenvalue weighted by Gasteiger charge is -2.44. The first-order chi connectivity index (χ1) is 29.6. The van der Waals surface area contributed by atoms with Gasteiger partial charge in [-0.15, -0.1) is 0 Å². The van der Waals surface area contributed by atoms with Crippen molar-refractivity contribution in [3.05, 3.63) is 53.4 Å². The van der Waals surface area contributed by atoms with Crippen molar-refractivity contribution >= 4 is 40.1 Å². The lowest BCUT2D eigenvalue weighted by Crippen LogP contribution is -2.62. The summed E-state index contributed by atoms with van der Waals surface area (Å²) >= 11 is 0. The van der Waals surface area contributed by atoms with Gasteiger partial charge in [0.15, 0.2) is 0 Å². The van der Waals surface area contributed by atoms with Crippen molar-refractivity contribution in [1.29, 1.82) is 0 Å². The number of morpholine rings is 1. The van der Waals surface area contributed by atoms with Gasteiger partial charge >= 0.3 is 12.1 Å². The van der Waals surface area contributed by atoms with Crippen molar-refractivity contribution < 1.29 is 28.6 Å². The minimum atomic E-state index is -0.904. The highest BCUT2D eigenvalue weighted by molar-refractivity contribution is 5.95. The smallest absolute Gasteiger partial charge is 0.408 e. The first kappa shape index (κ1) is 44.1. The van der Waals surface area contributed by atoms with Crippen LogP contribution in [-0.2, 0) is 36.8 Å². The molecule has 3 saturated heterocycles. The number of rotatable bonds is 5. The zero-order valence-electron chi connectivity index (χ0n) is 38.2. The SMILES string of the molecule is CCn1c(-c2cc(N3CCN4CCOC[C@@H]4C3)cnc2C(C)C)c2c3cc(ccc31)C1=CCCN(C1)C[C@H](NC(=O)OC(C)(C)C)C(=O)N1CCC[C@H](N1)C(=O)OCC(C)(C)C2. The number of alkyl carbamates (subject to hydrolysis) is 1. The van der Waals surface area contributed by atoms with E-state index in [-0.39, 0.29) is 30.9 Å². The number of ether oxygens (including phenoxy) is 3. The Hall–Kier alpha value is -4.50. The quantitative estimate of drug-likeness (QED) is 0.295. The van der Waals surface area contributed by atoms with Gasteiger partial charge < -0.3 is 29.0 Å². The molecule has 1 aromatic carbocycles. The Kier molecular flexibility index (Phi) is 12.8. The van der Waals surface area contributed by atoms with Crippen LogP contribution in [0.4, 0.5) is 10.5 Å². The van der Waals surface area contributed by atoms with Gasteiger partial charge in [-0.25, -0.2) is 10.2 Å². The second-order valence-electron chi connectivity index (χ2n) is 20.0. The molecule has 2 N–H and O–H groups in total. The Bertz CT molecular complexity index is 2190. The van der Waals surface area contributed by atoms with E-state index < -0.39 is 29.2 Å². The summed E-state index contributed by atoms with van der Waals surface area (Å²) in [6.45, 7) is 24.8. The van der Waals surface area contributed by atoms with Crippen LogP contribution >= 0.6 is 0 Å². The number of carbonyl (C=O) groups is 3. The number of benzene rings is 1. The number of esters is 1. The number of nitrogens with one attached hydrogen (secondary N) is 2. The van der Waals surface area contributed by atoms with E-state index in [2.05, 4.69) is 101 Å². The van der Waals surface area contributed by atoms with Gasteiger partial charge in [-0.2, -0.15) is 0 Å². The van der Waals surface area contributed by atoms with E-state index in [9.17, 15) is 14.4 Å². The molecule has 0 radical (unpaired) electrons. The summed E-state index contributed by atoms with van der Waals surface area (Å²) < 4.78 is 20.2. The molecule has 14 heteroatoms. The van der Waals surface area contributed by atoms with E-state index in [4.69, 9.17) is 19.2 Å². The number of anilines is 1. The number of cyclic esters (lactones) is 1. The van der Waals surface area contributed by atoms with E-state index in [1.165, 1.54) is 27.2 Å². The van der Waals surface area contributed by atoms with Crippen LogP contribution in [0.2, 0.25) is 0 Å². The van der Waals surface area contributed by atoms with E-state index >= 15 is 0 Å². The van der Waals surface area contributed by atoms with E-state index in [1.807, 2.05) is 0 Å². The molecule has 0 aliphatic carbocycles. The molecule has 0 saturated carbocycles. The third kappa shape index (κ3) is 9.53. The molecule has 14 nitrogen and oxygen atoms in total. The zero-order chi connectivity index (χ0) is 43.9. The molecule has 8 rings (SSSR count). The molecule has 62 heavy (non-hydrogen) atoms. The van der Waals surface area contributed by atoms with E-state index in [0.717, 1.165) is 86.9 Å². The molecule has 0 spiro atoms. The number of pyridine rings is 1. The predicted molar refractivity (Wildman–Crippen MR) is 242 cm³/mol. The molecule has 5 aliphatic rings. The third-order valence-electron chi connectivity index (χ3n) is 13.0. The number of nitrogens with zero attached hydrogens (tertiary/aromatic N) is 6. The highest BCUT2D eigenvalue weighted by atomic mass is 16.6. The van der Waals surface area contributed by atoms with Gasteiger partial charge in [-0.3, -0.25) is 29.4 Å². The van der Waals surface area contributed by atoms with Crippen molar-refractivity contribution in [3.63, 3.8) is 0 Å². The average Bonchev–Trinajstić information content (AvgIpc) is 3.55. The Morgan fingerprint density at radius 3 is 2.68 bits per heavy atom. The lowest BCUT2D eigenvalue weighted by molar-refractivity contribution is -0.155. The summed E-state index contributed by atoms with van der Waals surface area (Å²) in [7, 11) is 0. The molecule has 336 valence electrons. The molecule has 6 bridgehead atoms. The maximum atomic E-state index is 14.3. The van der Waals surface area contributed by atoms with Gasteiger partial charge in [-0.05, 0) is 94.2 Å². The molecule has 3 aromatic rings. The fourth-order valence-electron chi connectivity index (χ4n) is 9.97. The number of hydrazine groups is 1. The molecule has 4 atom stereocenters. The highest BCUT2D eigenvalue weighted by Crippen LogP contribution is 2.43. The monoisotopic (exact) mass is 853 g/mol. The first-order valence-electron chi connectivity index (χ1n) is 22.9. The van der Waals surface area contributed by atoms with E-state index in [0.29, 0.717) is 38.4 Å². The largest absolute Gasteiger partial charge is 0.464 e. The summed E-state index contributed by atoms with van der Waals surface area (Å²) in [6, 6.07) is 7.98. The van der Waals surface area contributed by atoms with Crippen molar-refractivity contribution in [3.8, 4) is 11.3 Å². The molecular formula is C48H68N8O6. The average molecular weight is 853 g/mol. The van der Waals surface area contributed by atoms with Crippen LogP contribution in [0.3, 0.4) is 0 Å². The fourth-order valence-corrected chi connectivity index (χ4v) is 9.97. The maximum Gasteiger partial charge on any atom is 0.408 e. The second kappa shape index (κ2) is 17.9. The minimum Gasteiger partial charge on any atom is -0.464 e. The van der Waals surface area contributed by atoms with Gasteiger partial charge in [-0.1, -0.05) is 39.8 Å². The van der Waals surface area contributed by atoms with Crippen LogP contribution in [-0.4, -0.2) is 138 Å².